The Hall–Kier alpha value is -2.74. The maximum absolute atomic E-state index is 12.3. The molecule has 3 rings (SSSR count). The monoisotopic (exact) mass is 414 g/mol. The Morgan fingerprint density at radius 3 is 2.59 bits per heavy atom. The predicted molar refractivity (Wildman–Crippen MR) is 112 cm³/mol. The number of carbonyl (C=O) groups excluding carboxylic acids is 1. The normalized spacial score (nSPS) is 11.2. The molecule has 8 heteroatoms. The van der Waals surface area contributed by atoms with Crippen molar-refractivity contribution in [2.75, 3.05) is 6.54 Å². The smallest absolute Gasteiger partial charge is 0.270 e. The van der Waals surface area contributed by atoms with Gasteiger partial charge in [-0.15, -0.1) is 11.3 Å². The zero-order valence-corrected chi connectivity index (χ0v) is 18.0. The lowest BCUT2D eigenvalue weighted by Crippen LogP contribution is -2.25. The highest BCUT2D eigenvalue weighted by atomic mass is 32.1. The van der Waals surface area contributed by atoms with Crippen LogP contribution in [0.2, 0.25) is 0 Å². The summed E-state index contributed by atoms with van der Waals surface area (Å²) >= 11 is 1.45. The van der Waals surface area contributed by atoms with Gasteiger partial charge >= 0.3 is 0 Å². The highest BCUT2D eigenvalue weighted by Gasteiger charge is 2.13. The molecule has 0 radical (unpaired) electrons. The lowest BCUT2D eigenvalue weighted by molar-refractivity contribution is 0.0948. The topological polar surface area (TPSA) is 90.1 Å². The minimum Gasteiger partial charge on any atom is -0.491 e. The van der Waals surface area contributed by atoms with E-state index in [2.05, 4.69) is 20.4 Å². The van der Waals surface area contributed by atoms with Crippen LogP contribution in [0, 0.1) is 0 Å². The first-order valence-electron chi connectivity index (χ1n) is 9.75. The van der Waals surface area contributed by atoms with Gasteiger partial charge < -0.3 is 14.6 Å². The molecule has 0 saturated heterocycles. The van der Waals surface area contributed by atoms with Crippen LogP contribution < -0.4 is 10.1 Å². The van der Waals surface area contributed by atoms with Crippen molar-refractivity contribution in [1.82, 2.24) is 20.4 Å². The van der Waals surface area contributed by atoms with Crippen molar-refractivity contribution in [2.45, 2.75) is 52.6 Å². The summed E-state index contributed by atoms with van der Waals surface area (Å²) in [4.78, 5) is 21.1. The van der Waals surface area contributed by atoms with Crippen LogP contribution in [0.3, 0.4) is 0 Å². The Kier molecular flexibility index (Phi) is 6.98. The Balaban J connectivity index is 1.48. The molecule has 1 aromatic carbocycles. The van der Waals surface area contributed by atoms with Gasteiger partial charge in [-0.05, 0) is 44.5 Å². The van der Waals surface area contributed by atoms with Crippen LogP contribution in [-0.4, -0.2) is 33.7 Å². The second kappa shape index (κ2) is 9.65. The number of ether oxygens (including phenoxy) is 1. The maximum atomic E-state index is 12.3. The average molecular weight is 415 g/mol. The molecule has 0 saturated carbocycles. The van der Waals surface area contributed by atoms with E-state index in [0.29, 0.717) is 30.4 Å². The quantitative estimate of drug-likeness (QED) is 0.520. The molecule has 7 nitrogen and oxygen atoms in total. The fraction of sp³-hybridized carbons (Fsp3) is 0.429. The molecule has 0 atom stereocenters. The summed E-state index contributed by atoms with van der Waals surface area (Å²) in [5.41, 5.74) is 1.38. The minimum absolute atomic E-state index is 0.132. The van der Waals surface area contributed by atoms with Gasteiger partial charge in [-0.25, -0.2) is 4.98 Å². The molecule has 0 spiro atoms. The number of benzene rings is 1. The summed E-state index contributed by atoms with van der Waals surface area (Å²) in [6, 6.07) is 7.74. The third-order valence-electron chi connectivity index (χ3n) is 4.06. The molecular weight excluding hydrogens is 388 g/mol. The molecule has 0 fully saturated rings. The van der Waals surface area contributed by atoms with E-state index in [1.165, 1.54) is 11.3 Å². The Labute approximate surface area is 174 Å². The second-order valence-corrected chi connectivity index (χ2v) is 8.15. The first kappa shape index (κ1) is 21.0. The van der Waals surface area contributed by atoms with Gasteiger partial charge in [0.15, 0.2) is 5.82 Å². The van der Waals surface area contributed by atoms with Crippen molar-refractivity contribution in [3.05, 3.63) is 47.1 Å². The Morgan fingerprint density at radius 1 is 1.17 bits per heavy atom. The van der Waals surface area contributed by atoms with Gasteiger partial charge in [-0.1, -0.05) is 19.0 Å². The summed E-state index contributed by atoms with van der Waals surface area (Å²) in [6.07, 6.45) is 1.49. The van der Waals surface area contributed by atoms with Gasteiger partial charge in [0.2, 0.25) is 5.89 Å². The van der Waals surface area contributed by atoms with Crippen molar-refractivity contribution in [2.24, 2.45) is 0 Å². The summed E-state index contributed by atoms with van der Waals surface area (Å²) < 4.78 is 10.9. The van der Waals surface area contributed by atoms with Crippen molar-refractivity contribution >= 4 is 17.2 Å². The summed E-state index contributed by atoms with van der Waals surface area (Å²) in [5.74, 6) is 2.19. The summed E-state index contributed by atoms with van der Waals surface area (Å²) in [7, 11) is 0. The highest BCUT2D eigenvalue weighted by Crippen LogP contribution is 2.26. The third-order valence-corrected chi connectivity index (χ3v) is 4.95. The molecular formula is C21H26N4O3S. The van der Waals surface area contributed by atoms with E-state index >= 15 is 0 Å². The predicted octanol–water partition coefficient (Wildman–Crippen LogP) is 4.47. The number of nitrogens with one attached hydrogen (secondary N) is 1. The average Bonchev–Trinajstić information content (AvgIpc) is 3.35. The molecule has 3 aromatic rings. The van der Waals surface area contributed by atoms with Crippen molar-refractivity contribution in [3.8, 4) is 16.3 Å². The number of amides is 1. The number of hydrogen-bond donors (Lipinski definition) is 1. The SMILES string of the molecule is CC(C)Oc1ccc(-c2nc(C(=O)NCCCc3nc(C(C)C)no3)cs2)cc1. The van der Waals surface area contributed by atoms with Crippen LogP contribution in [0.25, 0.3) is 10.6 Å². The minimum atomic E-state index is -0.180. The van der Waals surface area contributed by atoms with Crippen LogP contribution in [0.5, 0.6) is 5.75 Å². The zero-order chi connectivity index (χ0) is 20.8. The number of carbonyl (C=O) groups is 1. The van der Waals surface area contributed by atoms with Gasteiger partial charge in [0.05, 0.1) is 6.10 Å². The van der Waals surface area contributed by atoms with Crippen LogP contribution in [0.15, 0.2) is 34.2 Å². The maximum Gasteiger partial charge on any atom is 0.270 e. The molecule has 0 aliphatic carbocycles. The number of thiazole rings is 1. The fourth-order valence-corrected chi connectivity index (χ4v) is 3.40. The Bertz CT molecular complexity index is 932. The molecule has 29 heavy (non-hydrogen) atoms. The van der Waals surface area contributed by atoms with Gasteiger partial charge in [0.25, 0.3) is 5.91 Å². The van der Waals surface area contributed by atoms with Crippen molar-refractivity contribution in [1.29, 1.82) is 0 Å². The lowest BCUT2D eigenvalue weighted by Gasteiger charge is -2.09. The van der Waals surface area contributed by atoms with Crippen LogP contribution in [-0.2, 0) is 6.42 Å². The lowest BCUT2D eigenvalue weighted by atomic mass is 10.2. The van der Waals surface area contributed by atoms with E-state index in [-0.39, 0.29) is 17.9 Å². The molecule has 0 aliphatic rings. The van der Waals surface area contributed by atoms with Gasteiger partial charge in [-0.3, -0.25) is 4.79 Å². The van der Waals surface area contributed by atoms with Gasteiger partial charge in [0.1, 0.15) is 16.5 Å². The first-order valence-corrected chi connectivity index (χ1v) is 10.6. The highest BCUT2D eigenvalue weighted by molar-refractivity contribution is 7.13. The van der Waals surface area contributed by atoms with E-state index in [9.17, 15) is 4.79 Å². The molecule has 154 valence electrons. The van der Waals surface area contributed by atoms with E-state index < -0.39 is 0 Å². The van der Waals surface area contributed by atoms with E-state index in [0.717, 1.165) is 22.7 Å². The molecule has 0 unspecified atom stereocenters. The van der Waals surface area contributed by atoms with E-state index in [1.54, 1.807) is 5.38 Å². The first-order chi connectivity index (χ1) is 13.9. The second-order valence-electron chi connectivity index (χ2n) is 7.29. The van der Waals surface area contributed by atoms with Crippen LogP contribution in [0.4, 0.5) is 0 Å². The fourth-order valence-electron chi connectivity index (χ4n) is 2.60. The number of hydrogen-bond acceptors (Lipinski definition) is 7. The van der Waals surface area contributed by atoms with Crippen LogP contribution >= 0.6 is 11.3 Å². The third kappa shape index (κ3) is 5.87. The van der Waals surface area contributed by atoms with Crippen molar-refractivity contribution in [3.63, 3.8) is 0 Å². The molecule has 1 amide bonds. The summed E-state index contributed by atoms with van der Waals surface area (Å²) in [5, 5.41) is 9.41. The van der Waals surface area contributed by atoms with E-state index in [4.69, 9.17) is 9.26 Å². The van der Waals surface area contributed by atoms with Gasteiger partial charge in [0, 0.05) is 29.8 Å². The molecule has 1 N–H and O–H groups in total. The largest absolute Gasteiger partial charge is 0.491 e. The standard InChI is InChI=1S/C21H26N4O3S/c1-13(2)19-24-18(28-25-19)6-5-11-22-20(26)17-12-29-21(23-17)15-7-9-16(10-8-15)27-14(3)4/h7-10,12-14H,5-6,11H2,1-4H3,(H,22,26). The number of aryl methyl sites for hydroxylation is 1. The molecule has 2 heterocycles. The van der Waals surface area contributed by atoms with E-state index in [1.807, 2.05) is 52.0 Å². The number of rotatable bonds is 9. The number of nitrogens with zero attached hydrogens (tertiary/aromatic N) is 3. The van der Waals surface area contributed by atoms with Crippen molar-refractivity contribution < 1.29 is 14.1 Å². The Morgan fingerprint density at radius 2 is 1.93 bits per heavy atom. The van der Waals surface area contributed by atoms with Gasteiger partial charge in [-0.2, -0.15) is 4.98 Å². The molecule has 2 aromatic heterocycles. The molecule has 0 bridgehead atoms. The summed E-state index contributed by atoms with van der Waals surface area (Å²) in [6.45, 7) is 8.54. The molecule has 0 aliphatic heterocycles. The van der Waals surface area contributed by atoms with Crippen LogP contribution in [0.1, 0.15) is 62.2 Å². The zero-order valence-electron chi connectivity index (χ0n) is 17.1. The number of aromatic nitrogens is 3.